The fourth-order valence-corrected chi connectivity index (χ4v) is 2.65. The van der Waals surface area contributed by atoms with Crippen LogP contribution in [-0.2, 0) is 16.1 Å². The van der Waals surface area contributed by atoms with Gasteiger partial charge < -0.3 is 13.8 Å². The number of benzene rings is 1. The lowest BCUT2D eigenvalue weighted by atomic mass is 9.98. The molecule has 1 aromatic heterocycles. The van der Waals surface area contributed by atoms with Crippen LogP contribution >= 0.6 is 0 Å². The predicted molar refractivity (Wildman–Crippen MR) is 98.1 cm³/mol. The van der Waals surface area contributed by atoms with E-state index in [1.807, 2.05) is 26.8 Å². The molecule has 1 aromatic carbocycles. The molecular weight excluding hydrogens is 340 g/mol. The number of hydrogen-bond acceptors (Lipinski definition) is 6. The number of esters is 1. The van der Waals surface area contributed by atoms with Crippen molar-refractivity contribution in [2.24, 2.45) is 4.40 Å². The Balaban J connectivity index is 2.47. The highest BCUT2D eigenvalue weighted by Crippen LogP contribution is 2.30. The van der Waals surface area contributed by atoms with Gasteiger partial charge in [-0.05, 0) is 40.7 Å². The number of carbonyl (C=O) groups excluding carboxylic acids is 1. The normalized spacial score (nSPS) is 13.2. The first-order valence-corrected chi connectivity index (χ1v) is 9.05. The van der Waals surface area contributed by atoms with Crippen LogP contribution in [0.15, 0.2) is 33.2 Å². The molecule has 0 amide bonds. The molecule has 0 N–H and O–H groups in total. The minimum atomic E-state index is -1.42. The van der Waals surface area contributed by atoms with Gasteiger partial charge in [-0.15, -0.1) is 0 Å². The molecule has 0 saturated heterocycles. The van der Waals surface area contributed by atoms with Crippen LogP contribution in [-0.4, -0.2) is 33.2 Å². The van der Waals surface area contributed by atoms with Crippen LogP contribution in [0, 0.1) is 6.92 Å². The summed E-state index contributed by atoms with van der Waals surface area (Å²) in [5, 5.41) is 3.96. The summed E-state index contributed by atoms with van der Waals surface area (Å²) in [5.41, 5.74) is 2.31. The van der Waals surface area contributed by atoms with Crippen LogP contribution in [0.2, 0.25) is 0 Å². The fraction of sp³-hybridized carbons (Fsp3) is 0.389. The monoisotopic (exact) mass is 362 g/mol. The Kier molecular flexibility index (Phi) is 6.02. The standard InChI is InChI=1S/C18H22N2O4S/c1-6-23-17(21)14-10-8-7-9-13(14)16-12(2)20-24-15(16)11-19-25(22)18(3,4)5/h7-11H,6H2,1-5H3/t25-/m0/s1. The number of ether oxygens (including phenoxy) is 1. The molecule has 25 heavy (non-hydrogen) atoms. The van der Waals surface area contributed by atoms with E-state index in [1.54, 1.807) is 32.0 Å². The van der Waals surface area contributed by atoms with Gasteiger partial charge in [0.25, 0.3) is 0 Å². The van der Waals surface area contributed by atoms with Gasteiger partial charge in [0.2, 0.25) is 0 Å². The van der Waals surface area contributed by atoms with E-state index in [9.17, 15) is 9.35 Å². The van der Waals surface area contributed by atoms with E-state index in [2.05, 4.69) is 9.55 Å². The first-order valence-electron chi connectivity index (χ1n) is 7.94. The molecule has 0 saturated carbocycles. The Bertz CT molecular complexity index is 778. The van der Waals surface area contributed by atoms with Crippen molar-refractivity contribution in [3.63, 3.8) is 0 Å². The first-order chi connectivity index (χ1) is 11.8. The zero-order valence-corrected chi connectivity index (χ0v) is 15.8. The summed E-state index contributed by atoms with van der Waals surface area (Å²) in [6.07, 6.45) is 1.40. The summed E-state index contributed by atoms with van der Waals surface area (Å²) in [7, 11) is 0. The van der Waals surface area contributed by atoms with E-state index in [0.29, 0.717) is 28.1 Å². The third-order valence-electron chi connectivity index (χ3n) is 3.37. The predicted octanol–water partition coefficient (Wildman–Crippen LogP) is 3.71. The highest BCUT2D eigenvalue weighted by molar-refractivity contribution is 7.91. The van der Waals surface area contributed by atoms with Crippen molar-refractivity contribution < 1.29 is 18.6 Å². The van der Waals surface area contributed by atoms with Crippen LogP contribution in [0.4, 0.5) is 0 Å². The summed E-state index contributed by atoms with van der Waals surface area (Å²) in [6.45, 7) is 9.33. The van der Waals surface area contributed by atoms with Gasteiger partial charge >= 0.3 is 5.97 Å². The fourth-order valence-electron chi connectivity index (χ4n) is 2.14. The van der Waals surface area contributed by atoms with Crippen molar-refractivity contribution in [2.75, 3.05) is 6.61 Å². The van der Waals surface area contributed by atoms with Gasteiger partial charge in [-0.1, -0.05) is 27.8 Å². The molecule has 0 radical (unpaired) electrons. The van der Waals surface area contributed by atoms with Crippen LogP contribution < -0.4 is 0 Å². The van der Waals surface area contributed by atoms with Crippen LogP contribution in [0.25, 0.3) is 11.1 Å². The lowest BCUT2D eigenvalue weighted by Crippen LogP contribution is -2.25. The van der Waals surface area contributed by atoms with E-state index in [-0.39, 0.29) is 6.61 Å². The Morgan fingerprint density at radius 1 is 1.40 bits per heavy atom. The maximum atomic E-state index is 12.2. The lowest BCUT2D eigenvalue weighted by Gasteiger charge is -2.17. The number of rotatable bonds is 5. The highest BCUT2D eigenvalue weighted by Gasteiger charge is 2.27. The summed E-state index contributed by atoms with van der Waals surface area (Å²) >= 11 is -1.42. The Hall–Kier alpha value is -2.12. The number of nitrogens with zero attached hydrogens (tertiary/aromatic N) is 2. The van der Waals surface area contributed by atoms with Crippen molar-refractivity contribution in [3.8, 4) is 11.1 Å². The van der Waals surface area contributed by atoms with E-state index in [0.717, 1.165) is 0 Å². The largest absolute Gasteiger partial charge is 0.591 e. The Labute approximate surface area is 150 Å². The molecule has 0 unspecified atom stereocenters. The van der Waals surface area contributed by atoms with Crippen LogP contribution in [0.5, 0.6) is 0 Å². The molecule has 134 valence electrons. The quantitative estimate of drug-likeness (QED) is 0.460. The molecule has 6 nitrogen and oxygen atoms in total. The molecule has 0 bridgehead atoms. The zero-order valence-electron chi connectivity index (χ0n) is 15.0. The number of hydrogen-bond donors (Lipinski definition) is 0. The maximum absolute atomic E-state index is 12.2. The van der Waals surface area contributed by atoms with Crippen molar-refractivity contribution >= 4 is 23.5 Å². The molecule has 1 heterocycles. The van der Waals surface area contributed by atoms with Crippen molar-refractivity contribution in [2.45, 2.75) is 39.4 Å². The molecule has 0 fully saturated rings. The van der Waals surface area contributed by atoms with Crippen LogP contribution in [0.3, 0.4) is 0 Å². The number of aryl methyl sites for hydroxylation is 1. The summed E-state index contributed by atoms with van der Waals surface area (Å²) in [5.74, 6) is -0.0632. The number of carbonyl (C=O) groups is 1. The van der Waals surface area contributed by atoms with E-state index >= 15 is 0 Å². The SMILES string of the molecule is CCOC(=O)c1ccccc1-c1c(C)noc1C=N[S@@+]([O-])C(C)(C)C. The minimum Gasteiger partial charge on any atom is -0.591 e. The summed E-state index contributed by atoms with van der Waals surface area (Å²) < 4.78 is 26.2. The van der Waals surface area contributed by atoms with Gasteiger partial charge in [0, 0.05) is 5.56 Å². The molecule has 0 aliphatic heterocycles. The van der Waals surface area contributed by atoms with E-state index < -0.39 is 22.1 Å². The topological polar surface area (TPSA) is 87.8 Å². The van der Waals surface area contributed by atoms with Gasteiger partial charge in [-0.3, -0.25) is 0 Å². The van der Waals surface area contributed by atoms with Gasteiger partial charge in [0.05, 0.1) is 23.4 Å². The van der Waals surface area contributed by atoms with E-state index in [1.165, 1.54) is 6.21 Å². The second kappa shape index (κ2) is 7.84. The number of aromatic nitrogens is 1. The first kappa shape index (κ1) is 19.2. The van der Waals surface area contributed by atoms with Gasteiger partial charge in [0.1, 0.15) is 22.3 Å². The second-order valence-corrected chi connectivity index (χ2v) is 8.30. The molecule has 2 rings (SSSR count). The Morgan fingerprint density at radius 2 is 2.08 bits per heavy atom. The molecule has 0 aliphatic carbocycles. The third kappa shape index (κ3) is 4.49. The van der Waals surface area contributed by atoms with E-state index in [4.69, 9.17) is 9.26 Å². The minimum absolute atomic E-state index is 0.286. The molecule has 2 aromatic rings. The van der Waals surface area contributed by atoms with Crippen molar-refractivity contribution in [1.29, 1.82) is 0 Å². The molecule has 0 aliphatic rings. The van der Waals surface area contributed by atoms with Gasteiger partial charge in [-0.25, -0.2) is 4.79 Å². The zero-order chi connectivity index (χ0) is 18.6. The molecule has 1 atom stereocenters. The molecular formula is C18H22N2O4S. The van der Waals surface area contributed by atoms with Crippen molar-refractivity contribution in [3.05, 3.63) is 41.3 Å². The smallest absolute Gasteiger partial charge is 0.338 e. The highest BCUT2D eigenvalue weighted by atomic mass is 32.2. The second-order valence-electron chi connectivity index (χ2n) is 6.37. The van der Waals surface area contributed by atoms with Gasteiger partial charge in [0.15, 0.2) is 5.76 Å². The third-order valence-corrected chi connectivity index (χ3v) is 4.72. The Morgan fingerprint density at radius 3 is 2.72 bits per heavy atom. The lowest BCUT2D eigenvalue weighted by molar-refractivity contribution is 0.0527. The average molecular weight is 362 g/mol. The molecule has 7 heteroatoms. The van der Waals surface area contributed by atoms with Crippen LogP contribution in [0.1, 0.15) is 49.5 Å². The average Bonchev–Trinajstić information content (AvgIpc) is 2.92. The van der Waals surface area contributed by atoms with Crippen molar-refractivity contribution in [1.82, 2.24) is 5.16 Å². The maximum Gasteiger partial charge on any atom is 0.338 e. The molecule has 0 spiro atoms. The summed E-state index contributed by atoms with van der Waals surface area (Å²) in [4.78, 5) is 12.2. The van der Waals surface area contributed by atoms with Gasteiger partial charge in [-0.2, -0.15) is 0 Å². The summed E-state index contributed by atoms with van der Waals surface area (Å²) in [6, 6.07) is 7.07.